The van der Waals surface area contributed by atoms with Crippen LogP contribution in [0.1, 0.15) is 11.1 Å². The lowest BCUT2D eigenvalue weighted by Gasteiger charge is -2.16. The number of nitrogens with one attached hydrogen (secondary N) is 1. The Morgan fingerprint density at radius 3 is 2.76 bits per heavy atom. The highest BCUT2D eigenvalue weighted by molar-refractivity contribution is 6.30. The second-order valence-electron chi connectivity index (χ2n) is 4.82. The molecule has 0 radical (unpaired) electrons. The first-order valence-corrected chi connectivity index (χ1v) is 7.07. The van der Waals surface area contributed by atoms with Crippen molar-refractivity contribution in [3.8, 4) is 5.75 Å². The van der Waals surface area contributed by atoms with Crippen LogP contribution in [-0.2, 0) is 6.54 Å². The molecule has 0 atom stereocenters. The van der Waals surface area contributed by atoms with Gasteiger partial charge in [-0.2, -0.15) is 5.01 Å². The van der Waals surface area contributed by atoms with Crippen LogP contribution in [0.25, 0.3) is 0 Å². The number of nitrogens with zero attached hydrogens (tertiary/aromatic N) is 2. The van der Waals surface area contributed by atoms with E-state index in [2.05, 4.69) is 16.5 Å². The summed E-state index contributed by atoms with van der Waals surface area (Å²) >= 11 is 6.00. The van der Waals surface area contributed by atoms with Crippen molar-refractivity contribution in [2.45, 2.75) is 6.54 Å². The van der Waals surface area contributed by atoms with Crippen molar-refractivity contribution in [1.29, 1.82) is 0 Å². The monoisotopic (exact) mass is 301 g/mol. The summed E-state index contributed by atoms with van der Waals surface area (Å²) < 4.78 is 5.16. The quantitative estimate of drug-likeness (QED) is 0.943. The molecule has 2 aromatic carbocycles. The second-order valence-corrected chi connectivity index (χ2v) is 5.25. The molecule has 0 aliphatic carbocycles. The third kappa shape index (κ3) is 3.35. The highest BCUT2D eigenvalue weighted by Gasteiger charge is 2.16. The number of hydrogen-bond donors (Lipinski definition) is 1. The Morgan fingerprint density at radius 1 is 1.24 bits per heavy atom. The van der Waals surface area contributed by atoms with Gasteiger partial charge in [-0.3, -0.25) is 0 Å². The third-order valence-corrected chi connectivity index (χ3v) is 3.52. The standard InChI is InChI=1S/C16H16ClN3O/c1-21-15-7-5-13(6-8-15)16-18-11-20(19-16)10-12-3-2-4-14(17)9-12/h2-9H,10-11H2,1H3,(H,18,19). The number of hydrazine groups is 1. The molecule has 108 valence electrons. The van der Waals surface area contributed by atoms with E-state index in [9.17, 15) is 0 Å². The van der Waals surface area contributed by atoms with Gasteiger partial charge in [-0.1, -0.05) is 23.7 Å². The van der Waals surface area contributed by atoms with Crippen LogP contribution in [0.4, 0.5) is 0 Å². The normalized spacial score (nSPS) is 14.7. The molecule has 21 heavy (non-hydrogen) atoms. The van der Waals surface area contributed by atoms with Crippen LogP contribution >= 0.6 is 11.6 Å². The molecule has 1 aliphatic heterocycles. The summed E-state index contributed by atoms with van der Waals surface area (Å²) in [5.74, 6) is 1.72. The molecule has 4 nitrogen and oxygen atoms in total. The van der Waals surface area contributed by atoms with Crippen LogP contribution < -0.4 is 10.2 Å². The summed E-state index contributed by atoms with van der Waals surface area (Å²) in [6.07, 6.45) is 0. The molecule has 0 aromatic heterocycles. The summed E-state index contributed by atoms with van der Waals surface area (Å²) in [4.78, 5) is 4.52. The molecule has 0 amide bonds. The zero-order valence-electron chi connectivity index (χ0n) is 11.7. The van der Waals surface area contributed by atoms with E-state index >= 15 is 0 Å². The van der Waals surface area contributed by atoms with E-state index in [1.54, 1.807) is 7.11 Å². The lowest BCUT2D eigenvalue weighted by atomic mass is 10.2. The van der Waals surface area contributed by atoms with Gasteiger partial charge in [-0.15, -0.1) is 0 Å². The minimum Gasteiger partial charge on any atom is -0.497 e. The zero-order chi connectivity index (χ0) is 14.7. The minimum absolute atomic E-state index is 0.619. The smallest absolute Gasteiger partial charge is 0.144 e. The number of aliphatic imine (C=N–C) groups is 1. The van der Waals surface area contributed by atoms with Gasteiger partial charge in [-0.25, -0.2) is 4.99 Å². The van der Waals surface area contributed by atoms with Crippen LogP contribution in [0.3, 0.4) is 0 Å². The summed E-state index contributed by atoms with van der Waals surface area (Å²) in [7, 11) is 1.66. The highest BCUT2D eigenvalue weighted by atomic mass is 35.5. The van der Waals surface area contributed by atoms with Crippen LogP contribution in [0.5, 0.6) is 5.75 Å². The van der Waals surface area contributed by atoms with Crippen molar-refractivity contribution in [3.05, 3.63) is 64.7 Å². The molecule has 0 fully saturated rings. The maximum atomic E-state index is 6.00. The van der Waals surface area contributed by atoms with Gasteiger partial charge >= 0.3 is 0 Å². The molecular weight excluding hydrogens is 286 g/mol. The fraction of sp³-hybridized carbons (Fsp3) is 0.188. The number of methoxy groups -OCH3 is 1. The molecule has 0 saturated heterocycles. The third-order valence-electron chi connectivity index (χ3n) is 3.29. The van der Waals surface area contributed by atoms with Crippen LogP contribution in [0.15, 0.2) is 53.5 Å². The van der Waals surface area contributed by atoms with E-state index in [4.69, 9.17) is 16.3 Å². The average Bonchev–Trinajstić information content (AvgIpc) is 2.96. The molecule has 0 bridgehead atoms. The molecule has 0 saturated carbocycles. The fourth-order valence-electron chi connectivity index (χ4n) is 2.23. The molecule has 1 heterocycles. The van der Waals surface area contributed by atoms with Gasteiger partial charge in [0.15, 0.2) is 0 Å². The van der Waals surface area contributed by atoms with Crippen molar-refractivity contribution in [3.63, 3.8) is 0 Å². The predicted octanol–water partition coefficient (Wildman–Crippen LogP) is 3.07. The van der Waals surface area contributed by atoms with Crippen molar-refractivity contribution in [1.82, 2.24) is 10.4 Å². The maximum absolute atomic E-state index is 6.00. The maximum Gasteiger partial charge on any atom is 0.144 e. The van der Waals surface area contributed by atoms with Gasteiger partial charge in [0.1, 0.15) is 18.3 Å². The van der Waals surface area contributed by atoms with Gasteiger partial charge in [-0.05, 0) is 42.0 Å². The number of hydrogen-bond acceptors (Lipinski definition) is 4. The lowest BCUT2D eigenvalue weighted by molar-refractivity contribution is 0.257. The van der Waals surface area contributed by atoms with Crippen LogP contribution in [0, 0.1) is 0 Å². The zero-order valence-corrected chi connectivity index (χ0v) is 12.5. The largest absolute Gasteiger partial charge is 0.497 e. The lowest BCUT2D eigenvalue weighted by Crippen LogP contribution is -2.35. The fourth-order valence-corrected chi connectivity index (χ4v) is 2.44. The summed E-state index contributed by atoms with van der Waals surface area (Å²) in [6.45, 7) is 1.37. The molecule has 3 rings (SSSR count). The Morgan fingerprint density at radius 2 is 2.05 bits per heavy atom. The summed E-state index contributed by atoms with van der Waals surface area (Å²) in [5, 5.41) is 2.80. The second kappa shape index (κ2) is 6.16. The van der Waals surface area contributed by atoms with Crippen molar-refractivity contribution >= 4 is 17.4 Å². The number of rotatable bonds is 4. The predicted molar refractivity (Wildman–Crippen MR) is 84.5 cm³/mol. The average molecular weight is 302 g/mol. The molecule has 5 heteroatoms. The first-order chi connectivity index (χ1) is 10.2. The molecule has 0 unspecified atom stereocenters. The first-order valence-electron chi connectivity index (χ1n) is 6.69. The van der Waals surface area contributed by atoms with E-state index < -0.39 is 0 Å². The molecule has 1 aliphatic rings. The Bertz CT molecular complexity index is 655. The van der Waals surface area contributed by atoms with Gasteiger partial charge in [0.05, 0.1) is 7.11 Å². The van der Waals surface area contributed by atoms with Crippen LogP contribution in [-0.4, -0.2) is 24.6 Å². The van der Waals surface area contributed by atoms with Crippen molar-refractivity contribution < 1.29 is 4.74 Å². The number of halogens is 1. The Labute approximate surface area is 129 Å². The van der Waals surface area contributed by atoms with Gasteiger partial charge in [0, 0.05) is 17.1 Å². The summed E-state index contributed by atoms with van der Waals surface area (Å²) in [5.41, 5.74) is 5.51. The first kappa shape index (κ1) is 13.9. The Balaban J connectivity index is 1.64. The molecule has 1 N–H and O–H groups in total. The number of benzene rings is 2. The topological polar surface area (TPSA) is 36.9 Å². The Hall–Kier alpha value is -2.04. The van der Waals surface area contributed by atoms with Crippen molar-refractivity contribution in [2.75, 3.05) is 13.8 Å². The van der Waals surface area contributed by atoms with E-state index in [1.807, 2.05) is 47.5 Å². The van der Waals surface area contributed by atoms with Gasteiger partial charge in [0.25, 0.3) is 0 Å². The molecule has 0 spiro atoms. The van der Waals surface area contributed by atoms with E-state index in [0.717, 1.165) is 34.3 Å². The summed E-state index contributed by atoms with van der Waals surface area (Å²) in [6, 6.07) is 15.7. The Kier molecular flexibility index (Phi) is 4.08. The SMILES string of the molecule is COc1ccc(C2=NCN(Cc3cccc(Cl)c3)N2)cc1. The minimum atomic E-state index is 0.619. The van der Waals surface area contributed by atoms with Gasteiger partial charge in [0.2, 0.25) is 0 Å². The highest BCUT2D eigenvalue weighted by Crippen LogP contribution is 2.15. The van der Waals surface area contributed by atoms with Crippen LogP contribution in [0.2, 0.25) is 5.02 Å². The number of ether oxygens (including phenoxy) is 1. The molecular formula is C16H16ClN3O. The van der Waals surface area contributed by atoms with Crippen molar-refractivity contribution in [2.24, 2.45) is 4.99 Å². The number of amidine groups is 1. The van der Waals surface area contributed by atoms with E-state index in [1.165, 1.54) is 0 Å². The van der Waals surface area contributed by atoms with Gasteiger partial charge < -0.3 is 10.2 Å². The van der Waals surface area contributed by atoms with E-state index in [-0.39, 0.29) is 0 Å². The molecule has 2 aromatic rings. The van der Waals surface area contributed by atoms with E-state index in [0.29, 0.717) is 6.67 Å².